The third-order valence-electron chi connectivity index (χ3n) is 4.78. The van der Waals surface area contributed by atoms with E-state index in [0.717, 1.165) is 12.5 Å². The van der Waals surface area contributed by atoms with Crippen LogP contribution in [0.5, 0.6) is 0 Å². The van der Waals surface area contributed by atoms with Gasteiger partial charge in [0.2, 0.25) is 0 Å². The summed E-state index contributed by atoms with van der Waals surface area (Å²) in [5, 5.41) is 15.7. The van der Waals surface area contributed by atoms with Gasteiger partial charge in [0, 0.05) is 28.8 Å². The number of carbonyl (C=O) groups is 3. The molecular weight excluding hydrogens is 482 g/mol. The molecule has 0 heterocycles. The van der Waals surface area contributed by atoms with Crippen molar-refractivity contribution in [2.45, 2.75) is 24.9 Å². The standard InChI is InChI=1S/C24H21ClF2N4O4/c1-24(22(26)27,30-23(34)28-2)19(21(33)31-35)29-20(32)17-11-7-15(8-12-17)5-3-4-6-16-9-13-18(25)14-10-16/h7-14,19,22,35H,1-2H3,(H,29,32)(H,31,33)(H2,28,30,34)/t19-,24?/m1/s1. The molecule has 0 aliphatic rings. The van der Waals surface area contributed by atoms with Crippen molar-refractivity contribution in [3.63, 3.8) is 0 Å². The Morgan fingerprint density at radius 3 is 1.94 bits per heavy atom. The lowest BCUT2D eigenvalue weighted by molar-refractivity contribution is -0.135. The van der Waals surface area contributed by atoms with Crippen LogP contribution in [0, 0.1) is 23.7 Å². The molecular formula is C24H21ClF2N4O4. The van der Waals surface area contributed by atoms with E-state index in [2.05, 4.69) is 34.3 Å². The highest BCUT2D eigenvalue weighted by Crippen LogP contribution is 2.21. The molecule has 0 fully saturated rings. The smallest absolute Gasteiger partial charge is 0.315 e. The van der Waals surface area contributed by atoms with Crippen molar-refractivity contribution in [2.24, 2.45) is 0 Å². The van der Waals surface area contributed by atoms with Crippen molar-refractivity contribution in [1.82, 2.24) is 21.4 Å². The molecule has 0 spiro atoms. The number of alkyl halides is 2. The number of carbonyl (C=O) groups excluding carboxylic acids is 3. The van der Waals surface area contributed by atoms with Gasteiger partial charge in [-0.1, -0.05) is 23.4 Å². The molecule has 2 aromatic rings. The maximum absolute atomic E-state index is 13.8. The third-order valence-corrected chi connectivity index (χ3v) is 5.03. The Balaban J connectivity index is 2.18. The number of benzene rings is 2. The quantitative estimate of drug-likeness (QED) is 0.236. The van der Waals surface area contributed by atoms with Gasteiger partial charge in [-0.15, -0.1) is 0 Å². The van der Waals surface area contributed by atoms with Gasteiger partial charge in [-0.2, -0.15) is 0 Å². The summed E-state index contributed by atoms with van der Waals surface area (Å²) in [6.45, 7) is 0.858. The lowest BCUT2D eigenvalue weighted by Crippen LogP contribution is -2.69. The Morgan fingerprint density at radius 1 is 0.971 bits per heavy atom. The highest BCUT2D eigenvalue weighted by Gasteiger charge is 2.48. The Hall–Kier alpha value is -4.12. The van der Waals surface area contributed by atoms with E-state index in [1.54, 1.807) is 24.3 Å². The zero-order chi connectivity index (χ0) is 26.0. The summed E-state index contributed by atoms with van der Waals surface area (Å²) < 4.78 is 27.6. The second kappa shape index (κ2) is 12.4. The fourth-order valence-corrected chi connectivity index (χ4v) is 2.90. The first-order chi connectivity index (χ1) is 16.6. The molecule has 182 valence electrons. The van der Waals surface area contributed by atoms with Crippen molar-refractivity contribution in [1.29, 1.82) is 0 Å². The van der Waals surface area contributed by atoms with Crippen LogP contribution in [0.3, 0.4) is 0 Å². The fourth-order valence-electron chi connectivity index (χ4n) is 2.77. The van der Waals surface area contributed by atoms with Gasteiger partial charge in [0.1, 0.15) is 11.6 Å². The third kappa shape index (κ3) is 7.44. The molecule has 11 heteroatoms. The first-order valence-corrected chi connectivity index (χ1v) is 10.4. The normalized spacial score (nSPS) is 12.5. The Labute approximate surface area is 205 Å². The molecule has 0 saturated carbocycles. The van der Waals surface area contributed by atoms with E-state index in [0.29, 0.717) is 10.6 Å². The van der Waals surface area contributed by atoms with Gasteiger partial charge in [0.25, 0.3) is 18.2 Å². The summed E-state index contributed by atoms with van der Waals surface area (Å²) >= 11 is 5.81. The Bertz CT molecular complexity index is 1200. The molecule has 0 aromatic heterocycles. The minimum atomic E-state index is -3.28. The molecule has 4 amide bonds. The molecule has 0 aliphatic carbocycles. The molecule has 0 aliphatic heterocycles. The summed E-state index contributed by atoms with van der Waals surface area (Å²) in [5.74, 6) is 8.76. The number of amides is 4. The van der Waals surface area contributed by atoms with Crippen molar-refractivity contribution in [2.75, 3.05) is 7.05 Å². The number of rotatable bonds is 6. The van der Waals surface area contributed by atoms with Gasteiger partial charge in [0.05, 0.1) is 0 Å². The lowest BCUT2D eigenvalue weighted by Gasteiger charge is -2.36. The summed E-state index contributed by atoms with van der Waals surface area (Å²) in [6, 6.07) is 9.61. The molecule has 2 aromatic carbocycles. The van der Waals surface area contributed by atoms with Crippen LogP contribution in [-0.4, -0.2) is 48.1 Å². The number of hydroxylamine groups is 1. The molecule has 0 saturated heterocycles. The molecule has 1 unspecified atom stereocenters. The van der Waals surface area contributed by atoms with E-state index >= 15 is 0 Å². The summed E-state index contributed by atoms with van der Waals surface area (Å²) in [4.78, 5) is 36.4. The zero-order valence-corrected chi connectivity index (χ0v) is 19.3. The molecule has 2 rings (SSSR count). The first-order valence-electron chi connectivity index (χ1n) is 10.0. The number of hydrogen-bond acceptors (Lipinski definition) is 4. The second-order valence-corrected chi connectivity index (χ2v) is 7.69. The van der Waals surface area contributed by atoms with Crippen molar-refractivity contribution < 1.29 is 28.4 Å². The van der Waals surface area contributed by atoms with Gasteiger partial charge >= 0.3 is 6.03 Å². The van der Waals surface area contributed by atoms with Crippen molar-refractivity contribution in [3.05, 3.63) is 70.2 Å². The van der Waals surface area contributed by atoms with E-state index in [1.807, 2.05) is 5.32 Å². The van der Waals surface area contributed by atoms with Crippen LogP contribution in [0.25, 0.3) is 0 Å². The topological polar surface area (TPSA) is 120 Å². The number of halogens is 3. The number of hydrogen-bond donors (Lipinski definition) is 5. The maximum atomic E-state index is 13.8. The number of urea groups is 1. The molecule has 5 N–H and O–H groups in total. The highest BCUT2D eigenvalue weighted by molar-refractivity contribution is 6.30. The fraction of sp³-hybridized carbons (Fsp3) is 0.208. The lowest BCUT2D eigenvalue weighted by atomic mass is 9.91. The minimum Gasteiger partial charge on any atom is -0.341 e. The summed E-state index contributed by atoms with van der Waals surface area (Å²) in [7, 11) is 1.19. The van der Waals surface area contributed by atoms with Gasteiger partial charge in [-0.05, 0) is 67.3 Å². The van der Waals surface area contributed by atoms with Crippen LogP contribution in [0.2, 0.25) is 5.02 Å². The minimum absolute atomic E-state index is 0.0232. The first kappa shape index (κ1) is 27.1. The van der Waals surface area contributed by atoms with E-state index in [9.17, 15) is 23.2 Å². The number of nitrogens with one attached hydrogen (secondary N) is 4. The van der Waals surface area contributed by atoms with E-state index in [1.165, 1.54) is 36.8 Å². The highest BCUT2D eigenvalue weighted by atomic mass is 35.5. The van der Waals surface area contributed by atoms with Gasteiger partial charge in [-0.25, -0.2) is 19.1 Å². The van der Waals surface area contributed by atoms with Crippen LogP contribution >= 0.6 is 11.6 Å². The molecule has 35 heavy (non-hydrogen) atoms. The van der Waals surface area contributed by atoms with Crippen molar-refractivity contribution in [3.8, 4) is 23.7 Å². The molecule has 8 nitrogen and oxygen atoms in total. The molecule has 2 atom stereocenters. The molecule has 0 radical (unpaired) electrons. The predicted molar refractivity (Wildman–Crippen MR) is 125 cm³/mol. The molecule has 0 bridgehead atoms. The Morgan fingerprint density at radius 2 is 1.49 bits per heavy atom. The van der Waals surface area contributed by atoms with E-state index in [-0.39, 0.29) is 5.56 Å². The Kier molecular flexibility index (Phi) is 9.59. The monoisotopic (exact) mass is 502 g/mol. The second-order valence-electron chi connectivity index (χ2n) is 7.25. The average Bonchev–Trinajstić information content (AvgIpc) is 2.85. The van der Waals surface area contributed by atoms with Crippen LogP contribution in [0.1, 0.15) is 28.4 Å². The van der Waals surface area contributed by atoms with E-state index < -0.39 is 35.9 Å². The van der Waals surface area contributed by atoms with Gasteiger partial charge in [0.15, 0.2) is 0 Å². The average molecular weight is 503 g/mol. The van der Waals surface area contributed by atoms with Gasteiger partial charge in [-0.3, -0.25) is 14.8 Å². The predicted octanol–water partition coefficient (Wildman–Crippen LogP) is 2.30. The summed E-state index contributed by atoms with van der Waals surface area (Å²) in [6.07, 6.45) is -3.28. The zero-order valence-electron chi connectivity index (χ0n) is 18.6. The SMILES string of the molecule is CNC(=O)NC(C)(C(F)F)[C@H](NC(=O)c1ccc(C#CC#Cc2ccc(Cl)cc2)cc1)C(=O)NO. The van der Waals surface area contributed by atoms with E-state index in [4.69, 9.17) is 16.8 Å². The van der Waals surface area contributed by atoms with Crippen LogP contribution in [0.15, 0.2) is 48.5 Å². The largest absolute Gasteiger partial charge is 0.341 e. The van der Waals surface area contributed by atoms with Crippen LogP contribution in [-0.2, 0) is 4.79 Å². The van der Waals surface area contributed by atoms with Crippen molar-refractivity contribution >= 4 is 29.4 Å². The summed E-state index contributed by atoms with van der Waals surface area (Å²) in [5.41, 5.74) is -0.0335. The van der Waals surface area contributed by atoms with Gasteiger partial charge < -0.3 is 16.0 Å². The maximum Gasteiger partial charge on any atom is 0.315 e. The van der Waals surface area contributed by atoms with Crippen LogP contribution < -0.4 is 21.4 Å². The van der Waals surface area contributed by atoms with Crippen LogP contribution in [0.4, 0.5) is 13.6 Å².